The zero-order chi connectivity index (χ0) is 20.6. The van der Waals surface area contributed by atoms with Crippen LogP contribution in [0.5, 0.6) is 5.75 Å². The van der Waals surface area contributed by atoms with E-state index < -0.39 is 4.87 Å². The number of carbonyl (C=O) groups is 2. The Labute approximate surface area is 174 Å². The summed E-state index contributed by atoms with van der Waals surface area (Å²) in [7, 11) is 1.59. The van der Waals surface area contributed by atoms with Gasteiger partial charge >= 0.3 is 0 Å². The topological polar surface area (TPSA) is 73.6 Å². The third-order valence-corrected chi connectivity index (χ3v) is 6.82. The molecule has 1 saturated heterocycles. The van der Waals surface area contributed by atoms with Gasteiger partial charge in [0.25, 0.3) is 5.91 Å². The maximum Gasteiger partial charge on any atom is 0.268 e. The molecule has 2 amide bonds. The van der Waals surface area contributed by atoms with Crippen molar-refractivity contribution in [3.05, 3.63) is 59.2 Å². The molecule has 7 heteroatoms. The number of nitrogens with zero attached hydrogens (tertiary/aromatic N) is 3. The number of nitriles is 1. The average Bonchev–Trinajstić information content (AvgIpc) is 3.30. The van der Waals surface area contributed by atoms with Gasteiger partial charge in [0.05, 0.1) is 31.0 Å². The van der Waals surface area contributed by atoms with Crippen LogP contribution in [0.3, 0.4) is 0 Å². The summed E-state index contributed by atoms with van der Waals surface area (Å²) in [4.78, 5) is 28.9. The van der Waals surface area contributed by atoms with Gasteiger partial charge < -0.3 is 14.5 Å². The average molecular weight is 407 g/mol. The first-order chi connectivity index (χ1) is 14.0. The van der Waals surface area contributed by atoms with Gasteiger partial charge in [-0.3, -0.25) is 9.59 Å². The van der Waals surface area contributed by atoms with Gasteiger partial charge in [0.2, 0.25) is 5.91 Å². The summed E-state index contributed by atoms with van der Waals surface area (Å²) in [6.45, 7) is 2.69. The number of rotatable bonds is 4. The van der Waals surface area contributed by atoms with Crippen LogP contribution in [-0.2, 0) is 21.0 Å². The lowest BCUT2D eigenvalue weighted by atomic mass is 10.0. The molecule has 0 saturated carbocycles. The minimum atomic E-state index is -1.05. The second-order valence-corrected chi connectivity index (χ2v) is 8.27. The quantitative estimate of drug-likeness (QED) is 0.778. The molecule has 2 aliphatic heterocycles. The minimum absolute atomic E-state index is 0.0366. The van der Waals surface area contributed by atoms with Crippen LogP contribution in [0.1, 0.15) is 30.0 Å². The molecule has 1 spiro atoms. The van der Waals surface area contributed by atoms with Crippen molar-refractivity contribution >= 4 is 29.3 Å². The summed E-state index contributed by atoms with van der Waals surface area (Å²) in [5, 5.41) is 9.19. The van der Waals surface area contributed by atoms with Crippen molar-refractivity contribution in [2.45, 2.75) is 24.8 Å². The van der Waals surface area contributed by atoms with E-state index in [2.05, 4.69) is 6.07 Å². The highest BCUT2D eigenvalue weighted by Gasteiger charge is 2.59. The van der Waals surface area contributed by atoms with Gasteiger partial charge in [-0.15, -0.1) is 11.8 Å². The SMILES string of the molecule is CCC(=O)N1CCSC12C(=O)N(Cc1cccc(C#N)c1)c1ccc(OC)cc12. The summed E-state index contributed by atoms with van der Waals surface area (Å²) >= 11 is 1.50. The van der Waals surface area contributed by atoms with Crippen LogP contribution in [-0.4, -0.2) is 36.1 Å². The molecule has 2 aromatic carbocycles. The second kappa shape index (κ2) is 7.45. The fourth-order valence-electron chi connectivity index (χ4n) is 4.05. The lowest BCUT2D eigenvalue weighted by Crippen LogP contribution is -2.50. The molecule has 0 bridgehead atoms. The van der Waals surface area contributed by atoms with Gasteiger partial charge in [-0.1, -0.05) is 19.1 Å². The number of amides is 2. The zero-order valence-electron chi connectivity index (χ0n) is 16.3. The van der Waals surface area contributed by atoms with Crippen LogP contribution in [0.15, 0.2) is 42.5 Å². The third kappa shape index (κ3) is 2.95. The summed E-state index contributed by atoms with van der Waals surface area (Å²) in [6, 6.07) is 15.0. The van der Waals surface area contributed by atoms with Crippen molar-refractivity contribution in [3.8, 4) is 11.8 Å². The fourth-order valence-corrected chi connectivity index (χ4v) is 5.52. The molecule has 0 radical (unpaired) electrons. The van der Waals surface area contributed by atoms with Gasteiger partial charge in [0.15, 0.2) is 4.87 Å². The molecule has 148 valence electrons. The Kier molecular flexibility index (Phi) is 4.97. The predicted octanol–water partition coefficient (Wildman–Crippen LogP) is 3.25. The zero-order valence-corrected chi connectivity index (χ0v) is 17.2. The molecule has 6 nitrogen and oxygen atoms in total. The number of thioether (sulfide) groups is 1. The number of fused-ring (bicyclic) bond motifs is 2. The number of hydrogen-bond acceptors (Lipinski definition) is 5. The standard InChI is InChI=1S/C22H21N3O3S/c1-3-20(26)25-9-10-29-22(25)18-12-17(28-2)7-8-19(18)24(21(22)27)14-16-6-4-5-15(11-16)13-23/h4-8,11-12H,3,9-10,14H2,1-2H3. The van der Waals surface area contributed by atoms with Crippen LogP contribution in [0.4, 0.5) is 5.69 Å². The van der Waals surface area contributed by atoms with E-state index in [-0.39, 0.29) is 11.8 Å². The molecule has 1 unspecified atom stereocenters. The molecule has 0 aromatic heterocycles. The number of carbonyl (C=O) groups excluding carboxylic acids is 2. The van der Waals surface area contributed by atoms with E-state index in [0.717, 1.165) is 16.8 Å². The molecule has 4 rings (SSSR count). The van der Waals surface area contributed by atoms with Gasteiger partial charge in [-0.05, 0) is 35.9 Å². The van der Waals surface area contributed by atoms with E-state index in [1.165, 1.54) is 11.8 Å². The first kappa shape index (κ1) is 19.3. The molecule has 2 aliphatic rings. The largest absolute Gasteiger partial charge is 0.497 e. The van der Waals surface area contributed by atoms with Crippen molar-refractivity contribution in [3.63, 3.8) is 0 Å². The number of hydrogen-bond donors (Lipinski definition) is 0. The Hall–Kier alpha value is -2.98. The van der Waals surface area contributed by atoms with Crippen molar-refractivity contribution in [2.24, 2.45) is 0 Å². The van der Waals surface area contributed by atoms with Crippen LogP contribution in [0.25, 0.3) is 0 Å². The molecule has 0 aliphatic carbocycles. The summed E-state index contributed by atoms with van der Waals surface area (Å²) in [5.74, 6) is 1.20. The third-order valence-electron chi connectivity index (χ3n) is 5.40. The Bertz CT molecular complexity index is 1030. The van der Waals surface area contributed by atoms with Crippen molar-refractivity contribution in [1.82, 2.24) is 4.90 Å². The molecule has 1 atom stereocenters. The van der Waals surface area contributed by atoms with Crippen LogP contribution in [0, 0.1) is 11.3 Å². The normalized spacial score (nSPS) is 20.1. The summed E-state index contributed by atoms with van der Waals surface area (Å²) in [6.07, 6.45) is 0.346. The predicted molar refractivity (Wildman–Crippen MR) is 111 cm³/mol. The molecule has 29 heavy (non-hydrogen) atoms. The molecule has 2 heterocycles. The van der Waals surface area contributed by atoms with E-state index in [1.807, 2.05) is 37.3 Å². The Morgan fingerprint density at radius 1 is 1.31 bits per heavy atom. The number of anilines is 1. The highest BCUT2D eigenvalue weighted by Crippen LogP contribution is 2.55. The maximum absolute atomic E-state index is 13.8. The molecule has 2 aromatic rings. The summed E-state index contributed by atoms with van der Waals surface area (Å²) in [5.41, 5.74) is 2.99. The molecular weight excluding hydrogens is 386 g/mol. The highest BCUT2D eigenvalue weighted by molar-refractivity contribution is 8.01. The Balaban J connectivity index is 1.82. The van der Waals surface area contributed by atoms with Gasteiger partial charge in [-0.25, -0.2) is 0 Å². The highest BCUT2D eigenvalue weighted by atomic mass is 32.2. The van der Waals surface area contributed by atoms with Gasteiger partial charge in [-0.2, -0.15) is 5.26 Å². The molecular formula is C22H21N3O3S. The lowest BCUT2D eigenvalue weighted by molar-refractivity contribution is -0.139. The van der Waals surface area contributed by atoms with Crippen molar-refractivity contribution in [1.29, 1.82) is 5.26 Å². The second-order valence-electron chi connectivity index (χ2n) is 6.98. The fraction of sp³-hybridized carbons (Fsp3) is 0.318. The van der Waals surface area contributed by atoms with Gasteiger partial charge in [0.1, 0.15) is 5.75 Å². The Morgan fingerprint density at radius 2 is 2.14 bits per heavy atom. The smallest absolute Gasteiger partial charge is 0.268 e. The van der Waals surface area contributed by atoms with Crippen LogP contribution < -0.4 is 9.64 Å². The first-order valence-corrected chi connectivity index (χ1v) is 10.5. The number of methoxy groups -OCH3 is 1. The van der Waals surface area contributed by atoms with Crippen molar-refractivity contribution < 1.29 is 14.3 Å². The van der Waals surface area contributed by atoms with E-state index >= 15 is 0 Å². The van der Waals surface area contributed by atoms with E-state index in [4.69, 9.17) is 4.74 Å². The molecule has 1 fully saturated rings. The number of benzene rings is 2. The van der Waals surface area contributed by atoms with E-state index in [1.54, 1.807) is 29.0 Å². The van der Waals surface area contributed by atoms with Crippen LogP contribution >= 0.6 is 11.8 Å². The summed E-state index contributed by atoms with van der Waals surface area (Å²) < 4.78 is 5.40. The van der Waals surface area contributed by atoms with Crippen LogP contribution in [0.2, 0.25) is 0 Å². The minimum Gasteiger partial charge on any atom is -0.497 e. The van der Waals surface area contributed by atoms with Gasteiger partial charge in [0, 0.05) is 24.3 Å². The number of ether oxygens (including phenoxy) is 1. The van der Waals surface area contributed by atoms with Crippen molar-refractivity contribution in [2.75, 3.05) is 24.3 Å². The monoisotopic (exact) mass is 407 g/mol. The molecule has 0 N–H and O–H groups in total. The van der Waals surface area contributed by atoms with E-state index in [9.17, 15) is 14.9 Å². The lowest BCUT2D eigenvalue weighted by Gasteiger charge is -2.33. The maximum atomic E-state index is 13.8. The Morgan fingerprint density at radius 3 is 2.86 bits per heavy atom. The van der Waals surface area contributed by atoms with E-state index in [0.29, 0.717) is 36.6 Å². The first-order valence-electron chi connectivity index (χ1n) is 9.49.